The molecule has 2 unspecified atom stereocenters. The van der Waals surface area contributed by atoms with Crippen molar-refractivity contribution in [2.24, 2.45) is 5.92 Å². The molecular formula is C16H23N3O2. The molecule has 0 spiro atoms. The first kappa shape index (κ1) is 14.4. The van der Waals surface area contributed by atoms with Gasteiger partial charge in [0.2, 0.25) is 0 Å². The van der Waals surface area contributed by atoms with E-state index < -0.39 is 0 Å². The summed E-state index contributed by atoms with van der Waals surface area (Å²) in [5.74, 6) is 1.40. The highest BCUT2D eigenvalue weighted by Gasteiger charge is 2.30. The molecule has 0 aromatic carbocycles. The smallest absolute Gasteiger partial charge is 0.272 e. The fourth-order valence-corrected chi connectivity index (χ4v) is 3.40. The van der Waals surface area contributed by atoms with Crippen molar-refractivity contribution >= 4 is 5.91 Å². The predicted octanol–water partition coefficient (Wildman–Crippen LogP) is 1.98. The van der Waals surface area contributed by atoms with Gasteiger partial charge in [-0.2, -0.15) is 0 Å². The van der Waals surface area contributed by atoms with Crippen LogP contribution in [-0.4, -0.2) is 45.1 Å². The molecule has 1 aliphatic heterocycles. The predicted molar refractivity (Wildman–Crippen MR) is 78.9 cm³/mol. The molecule has 5 heteroatoms. The van der Waals surface area contributed by atoms with E-state index in [0.29, 0.717) is 24.7 Å². The molecule has 3 rings (SSSR count). The maximum Gasteiger partial charge on any atom is 0.272 e. The van der Waals surface area contributed by atoms with Crippen LogP contribution in [0, 0.1) is 5.92 Å². The molecule has 2 aliphatic rings. The maximum atomic E-state index is 12.5. The summed E-state index contributed by atoms with van der Waals surface area (Å²) in [6.07, 6.45) is 6.93. The molecule has 2 atom stereocenters. The molecule has 0 radical (unpaired) electrons. The minimum Gasteiger partial charge on any atom is -0.393 e. The van der Waals surface area contributed by atoms with E-state index in [1.165, 1.54) is 12.8 Å². The van der Waals surface area contributed by atoms with Crippen molar-refractivity contribution in [1.29, 1.82) is 0 Å². The van der Waals surface area contributed by atoms with Gasteiger partial charge in [-0.15, -0.1) is 0 Å². The molecule has 1 aromatic rings. The zero-order chi connectivity index (χ0) is 14.8. The lowest BCUT2D eigenvalue weighted by Crippen LogP contribution is -2.31. The maximum absolute atomic E-state index is 12.5. The van der Waals surface area contributed by atoms with Gasteiger partial charge in [0, 0.05) is 31.1 Å². The zero-order valence-corrected chi connectivity index (χ0v) is 12.5. The molecule has 1 saturated heterocycles. The Labute approximate surface area is 125 Å². The Kier molecular flexibility index (Phi) is 4.19. The third-order valence-corrected chi connectivity index (χ3v) is 4.81. The third kappa shape index (κ3) is 3.07. The Morgan fingerprint density at radius 1 is 1.38 bits per heavy atom. The summed E-state index contributed by atoms with van der Waals surface area (Å²) in [4.78, 5) is 23.2. The Morgan fingerprint density at radius 2 is 2.14 bits per heavy atom. The molecule has 5 nitrogen and oxygen atoms in total. The van der Waals surface area contributed by atoms with Crippen molar-refractivity contribution in [2.45, 2.75) is 51.0 Å². The molecule has 1 amide bonds. The van der Waals surface area contributed by atoms with Gasteiger partial charge in [-0.1, -0.05) is 12.8 Å². The van der Waals surface area contributed by atoms with Crippen LogP contribution in [-0.2, 0) is 0 Å². The second kappa shape index (κ2) is 6.10. The first-order valence-electron chi connectivity index (χ1n) is 7.95. The van der Waals surface area contributed by atoms with Gasteiger partial charge in [0.05, 0.1) is 6.10 Å². The number of likely N-dealkylation sites (tertiary alicyclic amines) is 1. The number of amides is 1. The molecule has 2 heterocycles. The van der Waals surface area contributed by atoms with E-state index in [1.807, 2.05) is 0 Å². The number of hydrogen-bond donors (Lipinski definition) is 1. The van der Waals surface area contributed by atoms with Gasteiger partial charge >= 0.3 is 0 Å². The monoisotopic (exact) mass is 289 g/mol. The van der Waals surface area contributed by atoms with Gasteiger partial charge < -0.3 is 10.0 Å². The van der Waals surface area contributed by atoms with E-state index in [9.17, 15) is 9.90 Å². The Balaban J connectivity index is 1.71. The number of aliphatic hydroxyl groups is 1. The first-order valence-corrected chi connectivity index (χ1v) is 7.95. The average Bonchev–Trinajstić information content (AvgIpc) is 3.18. The second-order valence-electron chi connectivity index (χ2n) is 6.32. The van der Waals surface area contributed by atoms with Crippen molar-refractivity contribution in [3.05, 3.63) is 23.8 Å². The van der Waals surface area contributed by atoms with E-state index in [4.69, 9.17) is 0 Å². The van der Waals surface area contributed by atoms with E-state index in [-0.39, 0.29) is 17.9 Å². The quantitative estimate of drug-likeness (QED) is 0.924. The summed E-state index contributed by atoms with van der Waals surface area (Å²) < 4.78 is 0. The lowest BCUT2D eigenvalue weighted by atomic mass is 10.0. The second-order valence-corrected chi connectivity index (χ2v) is 6.32. The van der Waals surface area contributed by atoms with Crippen LogP contribution in [0.1, 0.15) is 61.3 Å². The molecular weight excluding hydrogens is 266 g/mol. The van der Waals surface area contributed by atoms with Gasteiger partial charge in [0.25, 0.3) is 5.91 Å². The number of nitrogens with zero attached hydrogens (tertiary/aromatic N) is 3. The van der Waals surface area contributed by atoms with Gasteiger partial charge in [0.15, 0.2) is 0 Å². The number of aromatic nitrogens is 2. The van der Waals surface area contributed by atoms with Crippen LogP contribution >= 0.6 is 0 Å². The molecule has 1 aliphatic carbocycles. The fourth-order valence-electron chi connectivity index (χ4n) is 3.40. The number of carbonyl (C=O) groups excluding carboxylic acids is 1. The van der Waals surface area contributed by atoms with Crippen LogP contribution in [0.3, 0.4) is 0 Å². The van der Waals surface area contributed by atoms with E-state index in [2.05, 4.69) is 9.97 Å². The lowest BCUT2D eigenvalue weighted by Gasteiger charge is -2.18. The molecule has 1 N–H and O–H groups in total. The minimum atomic E-state index is -0.359. The van der Waals surface area contributed by atoms with Crippen molar-refractivity contribution < 1.29 is 9.90 Å². The van der Waals surface area contributed by atoms with E-state index in [1.54, 1.807) is 24.1 Å². The zero-order valence-electron chi connectivity index (χ0n) is 12.5. The standard InChI is InChI=1S/C16H23N3O2/c1-11(20)13-7-9-19(10-13)16(21)14-6-8-17-15(18-14)12-4-2-3-5-12/h6,8,11-13,20H,2-5,7,9-10H2,1H3. The summed E-state index contributed by atoms with van der Waals surface area (Å²) in [7, 11) is 0. The van der Waals surface area contributed by atoms with Crippen LogP contribution in [0.4, 0.5) is 0 Å². The van der Waals surface area contributed by atoms with Crippen molar-refractivity contribution in [3.8, 4) is 0 Å². The Morgan fingerprint density at radius 3 is 2.81 bits per heavy atom. The first-order chi connectivity index (χ1) is 10.1. The van der Waals surface area contributed by atoms with Gasteiger partial charge in [-0.05, 0) is 32.3 Å². The van der Waals surface area contributed by atoms with Gasteiger partial charge in [0.1, 0.15) is 11.5 Å². The van der Waals surface area contributed by atoms with Crippen molar-refractivity contribution in [2.75, 3.05) is 13.1 Å². The molecule has 1 saturated carbocycles. The number of aliphatic hydroxyl groups excluding tert-OH is 1. The van der Waals surface area contributed by atoms with Crippen LogP contribution in [0.2, 0.25) is 0 Å². The van der Waals surface area contributed by atoms with E-state index in [0.717, 1.165) is 25.1 Å². The third-order valence-electron chi connectivity index (χ3n) is 4.81. The number of carbonyl (C=O) groups is 1. The van der Waals surface area contributed by atoms with Crippen molar-refractivity contribution in [3.63, 3.8) is 0 Å². The molecule has 2 fully saturated rings. The Bertz CT molecular complexity index is 512. The summed E-state index contributed by atoms with van der Waals surface area (Å²) in [6.45, 7) is 3.12. The topological polar surface area (TPSA) is 66.3 Å². The highest BCUT2D eigenvalue weighted by molar-refractivity contribution is 5.92. The molecule has 0 bridgehead atoms. The summed E-state index contributed by atoms with van der Waals surface area (Å²) >= 11 is 0. The van der Waals surface area contributed by atoms with Crippen LogP contribution in [0.5, 0.6) is 0 Å². The molecule has 114 valence electrons. The minimum absolute atomic E-state index is 0.0280. The normalized spacial score (nSPS) is 24.5. The van der Waals surface area contributed by atoms with Crippen LogP contribution in [0.25, 0.3) is 0 Å². The van der Waals surface area contributed by atoms with Crippen LogP contribution < -0.4 is 0 Å². The molecule has 21 heavy (non-hydrogen) atoms. The van der Waals surface area contributed by atoms with Gasteiger partial charge in [-0.3, -0.25) is 4.79 Å². The highest BCUT2D eigenvalue weighted by Crippen LogP contribution is 2.32. The van der Waals surface area contributed by atoms with Crippen LogP contribution in [0.15, 0.2) is 12.3 Å². The SMILES string of the molecule is CC(O)C1CCN(C(=O)c2ccnc(C3CCCC3)n2)C1. The Hall–Kier alpha value is -1.49. The fraction of sp³-hybridized carbons (Fsp3) is 0.688. The summed E-state index contributed by atoms with van der Waals surface area (Å²) in [6, 6.07) is 1.70. The molecule has 1 aromatic heterocycles. The number of hydrogen-bond acceptors (Lipinski definition) is 4. The summed E-state index contributed by atoms with van der Waals surface area (Å²) in [5.41, 5.74) is 0.498. The highest BCUT2D eigenvalue weighted by atomic mass is 16.3. The van der Waals surface area contributed by atoms with Gasteiger partial charge in [-0.25, -0.2) is 9.97 Å². The van der Waals surface area contributed by atoms with Crippen molar-refractivity contribution in [1.82, 2.24) is 14.9 Å². The lowest BCUT2D eigenvalue weighted by molar-refractivity contribution is 0.0756. The average molecular weight is 289 g/mol. The summed E-state index contributed by atoms with van der Waals surface area (Å²) in [5, 5.41) is 9.65. The largest absolute Gasteiger partial charge is 0.393 e. The number of rotatable bonds is 3. The van der Waals surface area contributed by atoms with E-state index >= 15 is 0 Å².